The Kier molecular flexibility index (Phi) is 13.3. The summed E-state index contributed by atoms with van der Waals surface area (Å²) in [6, 6.07) is 0. The van der Waals surface area contributed by atoms with Gasteiger partial charge in [-0.3, -0.25) is 0 Å². The summed E-state index contributed by atoms with van der Waals surface area (Å²) in [5.74, 6) is -3.85. The van der Waals surface area contributed by atoms with Gasteiger partial charge in [0.1, 0.15) is 6.54 Å². The molecule has 0 radical (unpaired) electrons. The number of hydrogen-bond donors (Lipinski definition) is 2. The van der Waals surface area contributed by atoms with Crippen LogP contribution in [0.1, 0.15) is 64.7 Å². The minimum atomic E-state index is -1.43. The maximum absolute atomic E-state index is 11.0. The van der Waals surface area contributed by atoms with E-state index in [9.17, 15) is 19.5 Å². The first-order valence-corrected chi connectivity index (χ1v) is 9.45. The quantitative estimate of drug-likeness (QED) is 0.229. The standard InChI is InChI=1S/C19H33NO6/c1-2-3-4-5-6-7-8-9-10-11-12-13-20(14-17(21)22,15-18(23)24)16-19(25)26/h7-8H,2-6,9-16H2,1H3,(H2-,21,22,23,24,25,26)/b8-7+. The van der Waals surface area contributed by atoms with Gasteiger partial charge >= 0.3 is 11.9 Å². The number of nitrogens with zero attached hydrogens (tertiary/aromatic N) is 1. The van der Waals surface area contributed by atoms with Gasteiger partial charge in [0, 0.05) is 0 Å². The van der Waals surface area contributed by atoms with E-state index in [4.69, 9.17) is 10.2 Å². The number of carbonyl (C=O) groups is 3. The van der Waals surface area contributed by atoms with Gasteiger partial charge in [-0.05, 0) is 38.5 Å². The molecule has 0 rings (SSSR count). The Labute approximate surface area is 155 Å². The number of quaternary nitrogens is 1. The summed E-state index contributed by atoms with van der Waals surface area (Å²) in [6.45, 7) is 0.725. The lowest BCUT2D eigenvalue weighted by molar-refractivity contribution is -0.909. The number of unbranched alkanes of at least 4 members (excludes halogenated alkanes) is 7. The molecule has 26 heavy (non-hydrogen) atoms. The van der Waals surface area contributed by atoms with Crippen LogP contribution in [0.4, 0.5) is 0 Å². The molecule has 0 aromatic carbocycles. The smallest absolute Gasteiger partial charge is 0.359 e. The molecule has 0 aromatic rings. The molecule has 0 heterocycles. The van der Waals surface area contributed by atoms with E-state index in [1.807, 2.05) is 0 Å². The van der Waals surface area contributed by atoms with Gasteiger partial charge in [0.15, 0.2) is 13.1 Å². The zero-order valence-electron chi connectivity index (χ0n) is 15.8. The highest BCUT2D eigenvalue weighted by atomic mass is 16.4. The van der Waals surface area contributed by atoms with Crippen LogP contribution in [-0.4, -0.2) is 58.8 Å². The fourth-order valence-electron chi connectivity index (χ4n) is 3.06. The molecule has 0 aliphatic rings. The van der Waals surface area contributed by atoms with Crippen molar-refractivity contribution >= 4 is 17.9 Å². The first-order chi connectivity index (χ1) is 12.3. The van der Waals surface area contributed by atoms with E-state index in [1.165, 1.54) is 25.7 Å². The summed E-state index contributed by atoms with van der Waals surface area (Å²) in [4.78, 5) is 33.1. The second-order valence-electron chi connectivity index (χ2n) is 6.87. The number of carbonyl (C=O) groups excluding carboxylic acids is 1. The van der Waals surface area contributed by atoms with Crippen molar-refractivity contribution in [1.82, 2.24) is 0 Å². The van der Waals surface area contributed by atoms with Crippen LogP contribution in [0.15, 0.2) is 12.2 Å². The summed E-state index contributed by atoms with van der Waals surface area (Å²) in [6.07, 6.45) is 13.6. The van der Waals surface area contributed by atoms with E-state index in [2.05, 4.69) is 19.1 Å². The number of carboxylic acid groups (broad SMARTS) is 3. The number of rotatable bonds is 17. The van der Waals surface area contributed by atoms with Crippen molar-refractivity contribution in [3.63, 3.8) is 0 Å². The van der Waals surface area contributed by atoms with Gasteiger partial charge in [0.2, 0.25) is 0 Å². The highest BCUT2D eigenvalue weighted by molar-refractivity contribution is 5.72. The molecule has 0 aromatic heterocycles. The van der Waals surface area contributed by atoms with E-state index in [-0.39, 0.29) is 6.54 Å². The predicted molar refractivity (Wildman–Crippen MR) is 96.4 cm³/mol. The van der Waals surface area contributed by atoms with Crippen LogP contribution in [0.25, 0.3) is 0 Å². The monoisotopic (exact) mass is 371 g/mol. The highest BCUT2D eigenvalue weighted by Gasteiger charge is 2.33. The summed E-state index contributed by atoms with van der Waals surface area (Å²) < 4.78 is -0.514. The number of carboxylic acids is 3. The third kappa shape index (κ3) is 13.4. The summed E-state index contributed by atoms with van der Waals surface area (Å²) in [7, 11) is 0. The molecule has 0 aliphatic carbocycles. The molecule has 0 atom stereocenters. The van der Waals surface area contributed by atoms with Gasteiger partial charge in [0.05, 0.1) is 12.5 Å². The largest absolute Gasteiger partial charge is 0.544 e. The van der Waals surface area contributed by atoms with Crippen LogP contribution in [-0.2, 0) is 14.4 Å². The Morgan fingerprint density at radius 1 is 0.808 bits per heavy atom. The maximum Gasteiger partial charge on any atom is 0.359 e. The van der Waals surface area contributed by atoms with Gasteiger partial charge in [-0.1, -0.05) is 38.3 Å². The van der Waals surface area contributed by atoms with E-state index in [0.717, 1.165) is 25.7 Å². The Balaban J connectivity index is 4.27. The molecule has 2 N–H and O–H groups in total. The van der Waals surface area contributed by atoms with Gasteiger partial charge in [-0.15, -0.1) is 0 Å². The molecule has 0 fully saturated rings. The fourth-order valence-corrected chi connectivity index (χ4v) is 3.06. The van der Waals surface area contributed by atoms with E-state index in [0.29, 0.717) is 6.42 Å². The van der Waals surface area contributed by atoms with E-state index < -0.39 is 42.0 Å². The highest BCUT2D eigenvalue weighted by Crippen LogP contribution is 2.12. The maximum atomic E-state index is 11.0. The van der Waals surface area contributed by atoms with Crippen molar-refractivity contribution in [2.45, 2.75) is 64.7 Å². The van der Waals surface area contributed by atoms with Gasteiger partial charge in [-0.2, -0.15) is 0 Å². The molecule has 0 saturated heterocycles. The lowest BCUT2D eigenvalue weighted by Gasteiger charge is -2.36. The third-order valence-electron chi connectivity index (χ3n) is 4.30. The minimum absolute atomic E-state index is 0.202. The average Bonchev–Trinajstić information content (AvgIpc) is 2.50. The molecule has 0 aliphatic heterocycles. The molecule has 150 valence electrons. The van der Waals surface area contributed by atoms with Crippen LogP contribution in [0.2, 0.25) is 0 Å². The normalized spacial score (nSPS) is 11.7. The summed E-state index contributed by atoms with van der Waals surface area (Å²) in [5.41, 5.74) is 0. The van der Waals surface area contributed by atoms with Crippen molar-refractivity contribution in [3.8, 4) is 0 Å². The number of hydrogen-bond acceptors (Lipinski definition) is 4. The molecular formula is C19H33NO6. The van der Waals surface area contributed by atoms with Crippen LogP contribution in [0.5, 0.6) is 0 Å². The van der Waals surface area contributed by atoms with Crippen LogP contribution in [0, 0.1) is 0 Å². The molecule has 7 nitrogen and oxygen atoms in total. The average molecular weight is 371 g/mol. The first kappa shape index (κ1) is 24.1. The third-order valence-corrected chi connectivity index (χ3v) is 4.30. The molecule has 0 saturated carbocycles. The van der Waals surface area contributed by atoms with Gasteiger partial charge < -0.3 is 24.6 Å². The molecular weight excluding hydrogens is 338 g/mol. The van der Waals surface area contributed by atoms with E-state index in [1.54, 1.807) is 0 Å². The second kappa shape index (κ2) is 14.3. The fraction of sp³-hybridized carbons (Fsp3) is 0.737. The van der Waals surface area contributed by atoms with Crippen molar-refractivity contribution < 1.29 is 34.2 Å². The first-order valence-electron chi connectivity index (χ1n) is 9.45. The van der Waals surface area contributed by atoms with Gasteiger partial charge in [0.25, 0.3) is 0 Å². The Bertz CT molecular complexity index is 420. The minimum Gasteiger partial charge on any atom is -0.544 e. The topological polar surface area (TPSA) is 115 Å². The van der Waals surface area contributed by atoms with Crippen LogP contribution < -0.4 is 5.11 Å². The molecule has 0 unspecified atom stereocenters. The Hall–Kier alpha value is -1.89. The SMILES string of the molecule is CCCCCC/C=C/CCCCC[N+](CC(=O)[O-])(CC(=O)O)CC(=O)O. The zero-order chi connectivity index (χ0) is 19.8. The van der Waals surface area contributed by atoms with Gasteiger partial charge in [-0.25, -0.2) is 9.59 Å². The predicted octanol–water partition coefficient (Wildman–Crippen LogP) is 1.81. The van der Waals surface area contributed by atoms with Crippen LogP contribution >= 0.6 is 0 Å². The molecule has 7 heteroatoms. The molecule has 0 amide bonds. The number of aliphatic carboxylic acids is 3. The lowest BCUT2D eigenvalue weighted by Crippen LogP contribution is -2.59. The van der Waals surface area contributed by atoms with Crippen LogP contribution in [0.3, 0.4) is 0 Å². The lowest BCUT2D eigenvalue weighted by atomic mass is 10.1. The second-order valence-corrected chi connectivity index (χ2v) is 6.87. The number of allylic oxidation sites excluding steroid dienone is 2. The van der Waals surface area contributed by atoms with Crippen molar-refractivity contribution in [2.24, 2.45) is 0 Å². The summed E-state index contributed by atoms with van der Waals surface area (Å²) in [5, 5.41) is 29.0. The summed E-state index contributed by atoms with van der Waals surface area (Å²) >= 11 is 0. The zero-order valence-corrected chi connectivity index (χ0v) is 15.8. The van der Waals surface area contributed by atoms with E-state index >= 15 is 0 Å². The molecule has 0 bridgehead atoms. The molecule has 0 spiro atoms. The van der Waals surface area contributed by atoms with Crippen molar-refractivity contribution in [3.05, 3.63) is 12.2 Å². The van der Waals surface area contributed by atoms with Crippen molar-refractivity contribution in [2.75, 3.05) is 26.2 Å². The van der Waals surface area contributed by atoms with Crippen molar-refractivity contribution in [1.29, 1.82) is 0 Å². The Morgan fingerprint density at radius 2 is 1.31 bits per heavy atom. The Morgan fingerprint density at radius 3 is 1.73 bits per heavy atom.